The number of nitrogens with zero attached hydrogens (tertiary/aromatic N) is 2. The third-order valence-electron chi connectivity index (χ3n) is 3.39. The number of hydrogen-bond donors (Lipinski definition) is 2. The van der Waals surface area contributed by atoms with E-state index in [4.69, 9.17) is 15.0 Å². The first-order chi connectivity index (χ1) is 10.5. The van der Waals surface area contributed by atoms with Crippen molar-refractivity contribution in [1.29, 1.82) is 0 Å². The molecule has 0 aliphatic heterocycles. The fourth-order valence-corrected chi connectivity index (χ4v) is 1.85. The smallest absolute Gasteiger partial charge is 0.250 e. The van der Waals surface area contributed by atoms with E-state index in [1.165, 1.54) is 0 Å². The van der Waals surface area contributed by atoms with Crippen LogP contribution >= 0.6 is 0 Å². The van der Waals surface area contributed by atoms with Gasteiger partial charge < -0.3 is 20.1 Å². The molecule has 2 rings (SSSR count). The summed E-state index contributed by atoms with van der Waals surface area (Å²) in [6.45, 7) is 3.86. The van der Waals surface area contributed by atoms with Crippen molar-refractivity contribution < 1.29 is 14.4 Å². The lowest BCUT2D eigenvalue weighted by Gasteiger charge is -2.18. The molecule has 0 amide bonds. The fraction of sp³-hybridized carbons (Fsp3) is 0.375. The number of hydrogen-bond acceptors (Lipinski definition) is 6. The molecule has 0 saturated heterocycles. The summed E-state index contributed by atoms with van der Waals surface area (Å²) in [7, 11) is 1.62. The van der Waals surface area contributed by atoms with Gasteiger partial charge in [0.15, 0.2) is 0 Å². The fourth-order valence-electron chi connectivity index (χ4n) is 1.85. The van der Waals surface area contributed by atoms with Crippen molar-refractivity contribution in [3.63, 3.8) is 0 Å². The predicted molar refractivity (Wildman–Crippen MR) is 84.0 cm³/mol. The number of nitrogens with two attached hydrogens (primary N) is 1. The molecule has 0 spiro atoms. The van der Waals surface area contributed by atoms with Gasteiger partial charge in [0, 0.05) is 12.1 Å². The average Bonchev–Trinajstić information content (AvgIpc) is 3.00. The van der Waals surface area contributed by atoms with Gasteiger partial charge in [-0.1, -0.05) is 31.1 Å². The molecule has 1 heterocycles. The van der Waals surface area contributed by atoms with E-state index in [1.807, 2.05) is 44.2 Å². The largest absolute Gasteiger partial charge is 0.497 e. The van der Waals surface area contributed by atoms with Gasteiger partial charge in [0.2, 0.25) is 5.82 Å². The first-order valence-corrected chi connectivity index (χ1v) is 7.10. The van der Waals surface area contributed by atoms with Gasteiger partial charge in [-0.15, -0.1) is 0 Å². The number of benzene rings is 1. The monoisotopic (exact) mass is 303 g/mol. The molecule has 0 saturated carbocycles. The summed E-state index contributed by atoms with van der Waals surface area (Å²) in [5.74, 6) is 1.44. The highest BCUT2D eigenvalue weighted by Crippen LogP contribution is 2.18. The Kier molecular flexibility index (Phi) is 5.30. The molecule has 3 N–H and O–H groups in total. The number of ether oxygens (including phenoxy) is 1. The molecule has 2 atom stereocenters. The maximum absolute atomic E-state index is 10.1. The van der Waals surface area contributed by atoms with Gasteiger partial charge in [0.1, 0.15) is 11.9 Å². The topological polar surface area (TPSA) is 94.4 Å². The Labute approximate surface area is 129 Å². The van der Waals surface area contributed by atoms with Crippen LogP contribution < -0.4 is 10.5 Å². The van der Waals surface area contributed by atoms with Gasteiger partial charge in [-0.25, -0.2) is 0 Å². The molecular formula is C16H21N3O3. The van der Waals surface area contributed by atoms with Crippen LogP contribution in [0.3, 0.4) is 0 Å². The van der Waals surface area contributed by atoms with Crippen LogP contribution in [-0.4, -0.2) is 28.4 Å². The first kappa shape index (κ1) is 16.2. The Balaban J connectivity index is 2.06. The number of methoxy groups -OCH3 is 1. The maximum atomic E-state index is 10.1. The summed E-state index contributed by atoms with van der Waals surface area (Å²) < 4.78 is 10.2. The van der Waals surface area contributed by atoms with E-state index in [2.05, 4.69) is 10.1 Å². The molecule has 0 aliphatic rings. The molecule has 1 aromatic carbocycles. The quantitative estimate of drug-likeness (QED) is 0.850. The molecule has 2 aromatic rings. The summed E-state index contributed by atoms with van der Waals surface area (Å²) in [4.78, 5) is 4.14. The average molecular weight is 303 g/mol. The molecule has 1 unspecified atom stereocenters. The summed E-state index contributed by atoms with van der Waals surface area (Å²) in [5, 5.41) is 13.8. The van der Waals surface area contributed by atoms with E-state index in [1.54, 1.807) is 13.2 Å². The lowest BCUT2D eigenvalue weighted by molar-refractivity contribution is 0.114. The molecular weight excluding hydrogens is 282 g/mol. The van der Waals surface area contributed by atoms with E-state index >= 15 is 0 Å². The molecule has 22 heavy (non-hydrogen) atoms. The molecule has 6 nitrogen and oxygen atoms in total. The van der Waals surface area contributed by atoms with Crippen molar-refractivity contribution >= 4 is 12.2 Å². The van der Waals surface area contributed by atoms with E-state index in [-0.39, 0.29) is 11.7 Å². The first-order valence-electron chi connectivity index (χ1n) is 7.10. The van der Waals surface area contributed by atoms with Crippen molar-refractivity contribution in [2.24, 2.45) is 11.7 Å². The van der Waals surface area contributed by atoms with Crippen LogP contribution in [0, 0.1) is 5.92 Å². The highest BCUT2D eigenvalue weighted by Gasteiger charge is 2.24. The molecule has 0 aliphatic carbocycles. The molecule has 1 aromatic heterocycles. The van der Waals surface area contributed by atoms with E-state index in [9.17, 15) is 5.11 Å². The minimum absolute atomic E-state index is 0.117. The highest BCUT2D eigenvalue weighted by molar-refractivity contribution is 5.66. The molecule has 0 fully saturated rings. The van der Waals surface area contributed by atoms with Crippen molar-refractivity contribution in [1.82, 2.24) is 10.1 Å². The minimum Gasteiger partial charge on any atom is -0.497 e. The lowest BCUT2D eigenvalue weighted by Crippen LogP contribution is -2.34. The van der Waals surface area contributed by atoms with Gasteiger partial charge in [-0.3, -0.25) is 0 Å². The Morgan fingerprint density at radius 1 is 1.23 bits per heavy atom. The zero-order valence-corrected chi connectivity index (χ0v) is 12.9. The van der Waals surface area contributed by atoms with Gasteiger partial charge >= 0.3 is 0 Å². The predicted octanol–water partition coefficient (Wildman–Crippen LogP) is 2.27. The zero-order chi connectivity index (χ0) is 16.1. The maximum Gasteiger partial charge on any atom is 0.250 e. The normalized spacial score (nSPS) is 14.5. The summed E-state index contributed by atoms with van der Waals surface area (Å²) in [6, 6.07) is 7.12. The van der Waals surface area contributed by atoms with Crippen LogP contribution in [0.15, 0.2) is 28.8 Å². The Bertz CT molecular complexity index is 620. The second kappa shape index (κ2) is 7.20. The molecule has 0 bridgehead atoms. The SMILES string of the molecule is COc1ccc(C=Cc2nc(C(O)[C@@H](N)C(C)C)no2)cc1. The Hall–Kier alpha value is -2.18. The highest BCUT2D eigenvalue weighted by atomic mass is 16.5. The minimum atomic E-state index is -0.938. The molecule has 118 valence electrons. The standard InChI is InChI=1S/C16H21N3O3/c1-10(2)14(17)15(20)16-18-13(22-19-16)9-6-11-4-7-12(21-3)8-5-11/h4-10,14-15,20H,17H2,1-3H3/t14-,15?/m0/s1. The molecule has 0 radical (unpaired) electrons. The van der Waals surface area contributed by atoms with Gasteiger partial charge in [-0.2, -0.15) is 4.98 Å². The van der Waals surface area contributed by atoms with Crippen LogP contribution in [0.4, 0.5) is 0 Å². The lowest BCUT2D eigenvalue weighted by atomic mass is 9.99. The van der Waals surface area contributed by atoms with Crippen molar-refractivity contribution in [3.05, 3.63) is 41.5 Å². The summed E-state index contributed by atoms with van der Waals surface area (Å²) >= 11 is 0. The van der Waals surface area contributed by atoms with Crippen LogP contribution in [0.5, 0.6) is 5.75 Å². The number of aromatic nitrogens is 2. The van der Waals surface area contributed by atoms with Crippen LogP contribution in [0.1, 0.15) is 37.2 Å². The second-order valence-electron chi connectivity index (χ2n) is 5.36. The molecule has 6 heteroatoms. The van der Waals surface area contributed by atoms with Gasteiger partial charge in [0.05, 0.1) is 7.11 Å². The number of aliphatic hydroxyl groups is 1. The van der Waals surface area contributed by atoms with Crippen molar-refractivity contribution in [2.45, 2.75) is 26.0 Å². The zero-order valence-electron chi connectivity index (χ0n) is 12.9. The summed E-state index contributed by atoms with van der Waals surface area (Å²) in [6.07, 6.45) is 2.59. The van der Waals surface area contributed by atoms with Crippen molar-refractivity contribution in [2.75, 3.05) is 7.11 Å². The van der Waals surface area contributed by atoms with Crippen LogP contribution in [-0.2, 0) is 0 Å². The Morgan fingerprint density at radius 2 is 1.91 bits per heavy atom. The second-order valence-corrected chi connectivity index (χ2v) is 5.36. The van der Waals surface area contributed by atoms with Crippen LogP contribution in [0.2, 0.25) is 0 Å². The van der Waals surface area contributed by atoms with Crippen LogP contribution in [0.25, 0.3) is 12.2 Å². The van der Waals surface area contributed by atoms with Crippen molar-refractivity contribution in [3.8, 4) is 5.75 Å². The van der Waals surface area contributed by atoms with Gasteiger partial charge in [0.25, 0.3) is 5.89 Å². The number of rotatable bonds is 6. The van der Waals surface area contributed by atoms with Gasteiger partial charge in [-0.05, 0) is 29.7 Å². The van der Waals surface area contributed by atoms with E-state index in [0.717, 1.165) is 11.3 Å². The summed E-state index contributed by atoms with van der Waals surface area (Å²) in [5.41, 5.74) is 6.86. The van der Waals surface area contributed by atoms with E-state index < -0.39 is 12.1 Å². The third-order valence-corrected chi connectivity index (χ3v) is 3.39. The van der Waals surface area contributed by atoms with E-state index in [0.29, 0.717) is 5.89 Å². The Morgan fingerprint density at radius 3 is 2.50 bits per heavy atom. The number of aliphatic hydroxyl groups excluding tert-OH is 1. The third kappa shape index (κ3) is 3.93.